The van der Waals surface area contributed by atoms with Crippen LogP contribution in [-0.4, -0.2) is 36.7 Å². The molecular formula is C11H14N2O3S. The van der Waals surface area contributed by atoms with Crippen LogP contribution in [0.3, 0.4) is 0 Å². The van der Waals surface area contributed by atoms with Crippen molar-refractivity contribution in [2.24, 2.45) is 0 Å². The van der Waals surface area contributed by atoms with E-state index < -0.39 is 15.8 Å². The molecule has 0 unspecified atom stereocenters. The number of rotatable bonds is 6. The summed E-state index contributed by atoms with van der Waals surface area (Å²) in [6.45, 7) is -0.0954. The second-order valence-electron chi connectivity index (χ2n) is 3.46. The molecular weight excluding hydrogens is 240 g/mol. The summed E-state index contributed by atoms with van der Waals surface area (Å²) in [5.41, 5.74) is 0.822. The zero-order chi connectivity index (χ0) is 12.7. The lowest BCUT2D eigenvalue weighted by Gasteiger charge is -2.19. The Morgan fingerprint density at radius 1 is 1.29 bits per heavy atom. The van der Waals surface area contributed by atoms with Gasteiger partial charge in [0.25, 0.3) is 0 Å². The number of sulfonamides is 1. The van der Waals surface area contributed by atoms with Gasteiger partial charge in [-0.25, -0.2) is 8.42 Å². The Morgan fingerprint density at radius 2 is 1.94 bits per heavy atom. The SMILES string of the molecule is N#CCS(=O)(=O)N(CCO)Cc1ccccc1. The predicted octanol–water partition coefficient (Wildman–Crippen LogP) is 0.334. The monoisotopic (exact) mass is 254 g/mol. The Bertz CT molecular complexity index is 479. The summed E-state index contributed by atoms with van der Waals surface area (Å²) >= 11 is 0. The number of aliphatic hydroxyl groups is 1. The van der Waals surface area contributed by atoms with Crippen LogP contribution in [0.15, 0.2) is 30.3 Å². The van der Waals surface area contributed by atoms with Gasteiger partial charge in [0.1, 0.15) is 0 Å². The third kappa shape index (κ3) is 4.15. The quantitative estimate of drug-likeness (QED) is 0.793. The van der Waals surface area contributed by atoms with Crippen LogP contribution in [0, 0.1) is 11.3 Å². The minimum atomic E-state index is -3.62. The van der Waals surface area contributed by atoms with Crippen LogP contribution < -0.4 is 0 Å². The minimum Gasteiger partial charge on any atom is -0.395 e. The van der Waals surface area contributed by atoms with Crippen molar-refractivity contribution < 1.29 is 13.5 Å². The molecule has 17 heavy (non-hydrogen) atoms. The first kappa shape index (κ1) is 13.6. The molecule has 6 heteroatoms. The summed E-state index contributed by atoms with van der Waals surface area (Å²) in [5, 5.41) is 17.3. The van der Waals surface area contributed by atoms with E-state index in [1.165, 1.54) is 0 Å². The van der Waals surface area contributed by atoms with Gasteiger partial charge in [-0.05, 0) is 5.56 Å². The Kier molecular flexibility index (Phi) is 5.10. The molecule has 0 radical (unpaired) electrons. The van der Waals surface area contributed by atoms with Crippen LogP contribution in [-0.2, 0) is 16.6 Å². The van der Waals surface area contributed by atoms with E-state index in [1.807, 2.05) is 18.2 Å². The van der Waals surface area contributed by atoms with Crippen molar-refractivity contribution in [3.63, 3.8) is 0 Å². The van der Waals surface area contributed by atoms with E-state index in [0.29, 0.717) is 0 Å². The largest absolute Gasteiger partial charge is 0.395 e. The molecule has 0 bridgehead atoms. The summed E-state index contributed by atoms with van der Waals surface area (Å²) in [4.78, 5) is 0. The zero-order valence-electron chi connectivity index (χ0n) is 9.28. The maximum Gasteiger partial charge on any atom is 0.227 e. The van der Waals surface area contributed by atoms with Crippen LogP contribution >= 0.6 is 0 Å². The lowest BCUT2D eigenvalue weighted by molar-refractivity contribution is 0.251. The highest BCUT2D eigenvalue weighted by Gasteiger charge is 2.21. The van der Waals surface area contributed by atoms with Crippen molar-refractivity contribution in [2.75, 3.05) is 18.9 Å². The van der Waals surface area contributed by atoms with Gasteiger partial charge in [0.2, 0.25) is 10.0 Å². The molecule has 0 amide bonds. The smallest absolute Gasteiger partial charge is 0.227 e. The first-order chi connectivity index (χ1) is 8.10. The molecule has 0 aliphatic heterocycles. The molecule has 1 aromatic carbocycles. The van der Waals surface area contributed by atoms with E-state index in [2.05, 4.69) is 0 Å². The number of hydrogen-bond donors (Lipinski definition) is 1. The van der Waals surface area contributed by atoms with Crippen LogP contribution in [0.2, 0.25) is 0 Å². The molecule has 0 saturated heterocycles. The van der Waals surface area contributed by atoms with Crippen molar-refractivity contribution in [1.29, 1.82) is 5.26 Å². The molecule has 1 N–H and O–H groups in total. The van der Waals surface area contributed by atoms with E-state index in [4.69, 9.17) is 10.4 Å². The minimum absolute atomic E-state index is 0.00108. The lowest BCUT2D eigenvalue weighted by atomic mass is 10.2. The fourth-order valence-electron chi connectivity index (χ4n) is 1.39. The van der Waals surface area contributed by atoms with Crippen molar-refractivity contribution >= 4 is 10.0 Å². The second-order valence-corrected chi connectivity index (χ2v) is 5.43. The second kappa shape index (κ2) is 6.35. The Labute approximate surface area is 101 Å². The van der Waals surface area contributed by atoms with E-state index in [0.717, 1.165) is 9.87 Å². The van der Waals surface area contributed by atoms with Gasteiger partial charge < -0.3 is 5.11 Å². The molecule has 1 aromatic rings. The number of benzene rings is 1. The summed E-state index contributed by atoms with van der Waals surface area (Å²) < 4.78 is 24.6. The highest BCUT2D eigenvalue weighted by molar-refractivity contribution is 7.89. The molecule has 0 aliphatic carbocycles. The fourth-order valence-corrected chi connectivity index (χ4v) is 2.44. The number of nitriles is 1. The van der Waals surface area contributed by atoms with Gasteiger partial charge in [0, 0.05) is 13.1 Å². The maximum atomic E-state index is 11.7. The summed E-state index contributed by atoms with van der Waals surface area (Å²) in [5.74, 6) is -0.570. The Balaban J connectivity index is 2.85. The molecule has 0 fully saturated rings. The Hall–Kier alpha value is -1.42. The third-order valence-corrected chi connectivity index (χ3v) is 3.78. The van der Waals surface area contributed by atoms with Gasteiger partial charge in [-0.3, -0.25) is 0 Å². The summed E-state index contributed by atoms with van der Waals surface area (Å²) in [7, 11) is -3.62. The van der Waals surface area contributed by atoms with Crippen LogP contribution in [0.5, 0.6) is 0 Å². The number of hydrogen-bond acceptors (Lipinski definition) is 4. The zero-order valence-corrected chi connectivity index (χ0v) is 10.1. The average Bonchev–Trinajstić information content (AvgIpc) is 2.30. The fraction of sp³-hybridized carbons (Fsp3) is 0.364. The highest BCUT2D eigenvalue weighted by atomic mass is 32.2. The molecule has 0 aliphatic rings. The standard InChI is InChI=1S/C11H14N2O3S/c12-6-9-17(15,16)13(7-8-14)10-11-4-2-1-3-5-11/h1-5,14H,7-10H2. The molecule has 5 nitrogen and oxygen atoms in total. The normalized spacial score (nSPS) is 11.4. The van der Waals surface area contributed by atoms with Gasteiger partial charge in [0.15, 0.2) is 5.75 Å². The summed E-state index contributed by atoms with van der Waals surface area (Å²) in [6.07, 6.45) is 0. The van der Waals surface area contributed by atoms with Crippen molar-refractivity contribution in [3.05, 3.63) is 35.9 Å². The molecule has 0 aromatic heterocycles. The van der Waals surface area contributed by atoms with Crippen molar-refractivity contribution in [1.82, 2.24) is 4.31 Å². The highest BCUT2D eigenvalue weighted by Crippen LogP contribution is 2.09. The Morgan fingerprint density at radius 3 is 2.47 bits per heavy atom. The van der Waals surface area contributed by atoms with E-state index >= 15 is 0 Å². The van der Waals surface area contributed by atoms with Gasteiger partial charge >= 0.3 is 0 Å². The topological polar surface area (TPSA) is 81.4 Å². The predicted molar refractivity (Wildman–Crippen MR) is 63.3 cm³/mol. The number of nitrogens with zero attached hydrogens (tertiary/aromatic N) is 2. The van der Waals surface area contributed by atoms with Crippen LogP contribution in [0.25, 0.3) is 0 Å². The molecule has 1 rings (SSSR count). The van der Waals surface area contributed by atoms with Gasteiger partial charge in [-0.2, -0.15) is 9.57 Å². The molecule has 0 spiro atoms. The molecule has 0 atom stereocenters. The average molecular weight is 254 g/mol. The third-order valence-electron chi connectivity index (χ3n) is 2.19. The first-order valence-corrected chi connectivity index (χ1v) is 6.70. The van der Waals surface area contributed by atoms with Gasteiger partial charge in [0.05, 0.1) is 12.7 Å². The lowest BCUT2D eigenvalue weighted by Crippen LogP contribution is -2.34. The molecule has 0 saturated carbocycles. The van der Waals surface area contributed by atoms with E-state index in [9.17, 15) is 8.42 Å². The van der Waals surface area contributed by atoms with Crippen molar-refractivity contribution in [2.45, 2.75) is 6.54 Å². The van der Waals surface area contributed by atoms with E-state index in [-0.39, 0.29) is 19.7 Å². The van der Waals surface area contributed by atoms with Crippen LogP contribution in [0.1, 0.15) is 5.56 Å². The van der Waals surface area contributed by atoms with Crippen molar-refractivity contribution in [3.8, 4) is 6.07 Å². The first-order valence-electron chi connectivity index (χ1n) is 5.09. The van der Waals surface area contributed by atoms with E-state index in [1.54, 1.807) is 18.2 Å². The van der Waals surface area contributed by atoms with Gasteiger partial charge in [-0.1, -0.05) is 30.3 Å². The molecule has 92 valence electrons. The summed E-state index contributed by atoms with van der Waals surface area (Å²) in [6, 6.07) is 10.7. The molecule has 0 heterocycles. The van der Waals surface area contributed by atoms with Gasteiger partial charge in [-0.15, -0.1) is 0 Å². The number of aliphatic hydroxyl groups excluding tert-OH is 1. The maximum absolute atomic E-state index is 11.7. The van der Waals surface area contributed by atoms with Crippen LogP contribution in [0.4, 0.5) is 0 Å².